The fourth-order valence-corrected chi connectivity index (χ4v) is 3.35. The molecule has 0 unspecified atom stereocenters. The Bertz CT molecular complexity index is 309. The molecule has 0 bridgehead atoms. The first-order valence-corrected chi connectivity index (χ1v) is 8.58. The van der Waals surface area contributed by atoms with Crippen LogP contribution >= 0.6 is 0 Å². The smallest absolute Gasteiger partial charge is 0.152 e. The number of aliphatic hydroxyl groups is 1. The van der Waals surface area contributed by atoms with Gasteiger partial charge in [-0.3, -0.25) is 9.59 Å². The lowest BCUT2D eigenvalue weighted by molar-refractivity contribution is -0.972. The van der Waals surface area contributed by atoms with E-state index in [0.717, 1.165) is 56.3 Å². The Hall–Kier alpha value is -0.740. The van der Waals surface area contributed by atoms with Gasteiger partial charge in [-0.05, 0) is 12.8 Å². The van der Waals surface area contributed by atoms with Crippen molar-refractivity contribution >= 4 is 11.6 Å². The summed E-state index contributed by atoms with van der Waals surface area (Å²) in [6, 6.07) is 0. The Morgan fingerprint density at radius 1 is 0.905 bits per heavy atom. The van der Waals surface area contributed by atoms with Crippen LogP contribution in [-0.2, 0) is 9.59 Å². The van der Waals surface area contributed by atoms with Crippen molar-refractivity contribution in [1.82, 2.24) is 0 Å². The second-order valence-electron chi connectivity index (χ2n) is 6.59. The molecule has 122 valence electrons. The summed E-state index contributed by atoms with van der Waals surface area (Å²) in [6.45, 7) is 7.59. The van der Waals surface area contributed by atoms with E-state index in [9.17, 15) is 14.7 Å². The van der Waals surface area contributed by atoms with Crippen LogP contribution in [0, 0.1) is 0 Å². The zero-order valence-electron chi connectivity index (χ0n) is 13.8. The van der Waals surface area contributed by atoms with Crippen LogP contribution in [0.1, 0.15) is 65.2 Å². The van der Waals surface area contributed by atoms with Crippen molar-refractivity contribution in [3.63, 3.8) is 0 Å². The molecule has 1 rings (SSSR count). The van der Waals surface area contributed by atoms with Crippen molar-refractivity contribution in [3.8, 4) is 0 Å². The zero-order chi connectivity index (χ0) is 15.7. The number of likely N-dealkylation sites (tertiary alicyclic amines) is 1. The van der Waals surface area contributed by atoms with E-state index in [-0.39, 0.29) is 6.10 Å². The molecule has 0 aromatic carbocycles. The lowest BCUT2D eigenvalue weighted by Crippen LogP contribution is -2.67. The van der Waals surface area contributed by atoms with E-state index in [2.05, 4.69) is 0 Å². The molecule has 1 aliphatic heterocycles. The van der Waals surface area contributed by atoms with Crippen LogP contribution in [0.4, 0.5) is 0 Å². The van der Waals surface area contributed by atoms with E-state index < -0.39 is 0 Å². The molecule has 1 heterocycles. The number of nitrogens with zero attached hydrogens (tertiary/aromatic N) is 1. The largest absolute Gasteiger partial charge is 0.382 e. The molecule has 0 spiro atoms. The minimum absolute atomic E-state index is 0.192. The fraction of sp³-hybridized carbons (Fsp3) is 0.882. The molecule has 4 heteroatoms. The van der Waals surface area contributed by atoms with E-state index in [1.807, 2.05) is 13.8 Å². The van der Waals surface area contributed by atoms with Crippen LogP contribution in [0.5, 0.6) is 0 Å². The summed E-state index contributed by atoms with van der Waals surface area (Å²) in [4.78, 5) is 23.1. The van der Waals surface area contributed by atoms with Gasteiger partial charge in [-0.1, -0.05) is 13.8 Å². The van der Waals surface area contributed by atoms with Crippen LogP contribution in [-0.4, -0.2) is 53.4 Å². The summed E-state index contributed by atoms with van der Waals surface area (Å²) in [7, 11) is 0. The molecule has 1 aliphatic rings. The normalized spacial score (nSPS) is 17.5. The third kappa shape index (κ3) is 6.70. The van der Waals surface area contributed by atoms with Crippen molar-refractivity contribution in [2.75, 3.05) is 26.2 Å². The Morgan fingerprint density at radius 2 is 1.33 bits per heavy atom. The van der Waals surface area contributed by atoms with Gasteiger partial charge in [0.2, 0.25) is 0 Å². The van der Waals surface area contributed by atoms with Gasteiger partial charge in [-0.15, -0.1) is 0 Å². The highest BCUT2D eigenvalue weighted by Gasteiger charge is 2.42. The van der Waals surface area contributed by atoms with Crippen LogP contribution in [0.2, 0.25) is 0 Å². The van der Waals surface area contributed by atoms with Gasteiger partial charge in [0.25, 0.3) is 0 Å². The van der Waals surface area contributed by atoms with Crippen LogP contribution < -0.4 is 0 Å². The Kier molecular flexibility index (Phi) is 8.12. The molecule has 4 nitrogen and oxygen atoms in total. The second kappa shape index (κ2) is 9.31. The average molecular weight is 298 g/mol. The zero-order valence-corrected chi connectivity index (χ0v) is 13.8. The SMILES string of the molecule is CCCC(=O)CCC[N+]1(CCCC(=O)CCC)CC(O)C1. The van der Waals surface area contributed by atoms with E-state index in [1.54, 1.807) is 0 Å². The van der Waals surface area contributed by atoms with E-state index >= 15 is 0 Å². The minimum atomic E-state index is -0.192. The first-order chi connectivity index (χ1) is 10.0. The maximum absolute atomic E-state index is 11.6. The summed E-state index contributed by atoms with van der Waals surface area (Å²) in [6.07, 6.45) is 6.19. The maximum atomic E-state index is 11.6. The number of quaternary nitrogens is 1. The van der Waals surface area contributed by atoms with Crippen molar-refractivity contribution < 1.29 is 19.2 Å². The first-order valence-electron chi connectivity index (χ1n) is 8.58. The number of hydrogen-bond acceptors (Lipinski definition) is 3. The molecule has 0 atom stereocenters. The average Bonchev–Trinajstić information content (AvgIpc) is 2.37. The molecule has 0 aromatic rings. The van der Waals surface area contributed by atoms with Gasteiger partial charge in [0.05, 0.1) is 13.1 Å². The lowest BCUT2D eigenvalue weighted by atomic mass is 10.0. The predicted octanol–water partition coefficient (Wildman–Crippen LogP) is 2.48. The Morgan fingerprint density at radius 3 is 1.67 bits per heavy atom. The van der Waals surface area contributed by atoms with Gasteiger partial charge < -0.3 is 9.59 Å². The van der Waals surface area contributed by atoms with Crippen LogP contribution in [0.15, 0.2) is 0 Å². The van der Waals surface area contributed by atoms with Crippen LogP contribution in [0.3, 0.4) is 0 Å². The first kappa shape index (κ1) is 18.3. The number of ketones is 2. The fourth-order valence-electron chi connectivity index (χ4n) is 3.35. The van der Waals surface area contributed by atoms with Crippen LogP contribution in [0.25, 0.3) is 0 Å². The van der Waals surface area contributed by atoms with Crippen molar-refractivity contribution in [3.05, 3.63) is 0 Å². The van der Waals surface area contributed by atoms with Crippen molar-refractivity contribution in [2.45, 2.75) is 71.3 Å². The van der Waals surface area contributed by atoms with Gasteiger partial charge in [-0.25, -0.2) is 0 Å². The summed E-state index contributed by atoms with van der Waals surface area (Å²) in [5, 5.41) is 9.62. The molecule has 1 saturated heterocycles. The molecular weight excluding hydrogens is 266 g/mol. The third-order valence-corrected chi connectivity index (χ3v) is 4.43. The number of rotatable bonds is 12. The molecule has 0 saturated carbocycles. The molecule has 1 fully saturated rings. The molecule has 1 N–H and O–H groups in total. The Balaban J connectivity index is 2.27. The van der Waals surface area contributed by atoms with Gasteiger partial charge in [0.1, 0.15) is 24.7 Å². The maximum Gasteiger partial charge on any atom is 0.152 e. The number of Topliss-reactive ketones (excluding diaryl/α,β-unsaturated/α-hetero) is 2. The second-order valence-corrected chi connectivity index (χ2v) is 6.59. The number of hydrogen-bond donors (Lipinski definition) is 1. The highest BCUT2D eigenvalue weighted by atomic mass is 16.3. The van der Waals surface area contributed by atoms with Gasteiger partial charge >= 0.3 is 0 Å². The monoisotopic (exact) mass is 298 g/mol. The van der Waals surface area contributed by atoms with E-state index in [4.69, 9.17) is 0 Å². The molecule has 0 amide bonds. The van der Waals surface area contributed by atoms with Gasteiger partial charge in [-0.2, -0.15) is 0 Å². The highest BCUT2D eigenvalue weighted by Crippen LogP contribution is 2.23. The molecule has 21 heavy (non-hydrogen) atoms. The Labute approximate surface area is 129 Å². The van der Waals surface area contributed by atoms with Crippen molar-refractivity contribution in [2.24, 2.45) is 0 Å². The van der Waals surface area contributed by atoms with Gasteiger partial charge in [0, 0.05) is 38.5 Å². The molecule has 0 radical (unpaired) electrons. The summed E-state index contributed by atoms with van der Waals surface area (Å²) < 4.78 is 0.903. The topological polar surface area (TPSA) is 54.4 Å². The van der Waals surface area contributed by atoms with E-state index in [0.29, 0.717) is 37.2 Å². The summed E-state index contributed by atoms with van der Waals surface area (Å²) in [5.41, 5.74) is 0. The standard InChI is InChI=1S/C17H32NO3/c1-3-7-15(19)9-5-11-18(13-17(21)14-18)12-6-10-16(20)8-4-2/h17,21H,3-14H2,1-2H3/q+1. The lowest BCUT2D eigenvalue weighted by Gasteiger charge is -2.48. The summed E-state index contributed by atoms with van der Waals surface area (Å²) >= 11 is 0. The number of carbonyl (C=O) groups is 2. The molecular formula is C17H32NO3+. The molecule has 0 aliphatic carbocycles. The number of carbonyl (C=O) groups excluding carboxylic acids is 2. The highest BCUT2D eigenvalue weighted by molar-refractivity contribution is 5.78. The quantitative estimate of drug-likeness (QED) is 0.563. The predicted molar refractivity (Wildman–Crippen MR) is 84.0 cm³/mol. The van der Waals surface area contributed by atoms with E-state index in [1.165, 1.54) is 0 Å². The molecule has 0 aromatic heterocycles. The summed E-state index contributed by atoms with van der Waals surface area (Å²) in [5.74, 6) is 0.713. The van der Waals surface area contributed by atoms with Gasteiger partial charge in [0.15, 0.2) is 6.10 Å². The van der Waals surface area contributed by atoms with Crippen molar-refractivity contribution in [1.29, 1.82) is 0 Å². The minimum Gasteiger partial charge on any atom is -0.382 e. The number of aliphatic hydroxyl groups excluding tert-OH is 1. The third-order valence-electron chi connectivity index (χ3n) is 4.43.